The highest BCUT2D eigenvalue weighted by Crippen LogP contribution is 2.65. The van der Waals surface area contributed by atoms with E-state index in [2.05, 4.69) is 17.0 Å². The number of fused-ring (bicyclic) bond motifs is 5. The minimum Gasteiger partial charge on any atom is -0.445 e. The van der Waals surface area contributed by atoms with E-state index < -0.39 is 16.0 Å². The Labute approximate surface area is 171 Å². The van der Waals surface area contributed by atoms with Crippen LogP contribution in [0.25, 0.3) is 0 Å². The zero-order valence-corrected chi connectivity index (χ0v) is 17.5. The summed E-state index contributed by atoms with van der Waals surface area (Å²) in [6, 6.07) is 5.24. The molecule has 6 nitrogen and oxygen atoms in total. The predicted octanol–water partition coefficient (Wildman–Crippen LogP) is 3.66. The van der Waals surface area contributed by atoms with Crippen LogP contribution >= 0.6 is 0 Å². The largest absolute Gasteiger partial charge is 0.446 e. The topological polar surface area (TPSA) is 89.9 Å². The average molecular weight is 419 g/mol. The lowest BCUT2D eigenvalue weighted by Crippen LogP contribution is -2.52. The first kappa shape index (κ1) is 20.2. The average Bonchev–Trinajstić information content (AvgIpc) is 2.92. The highest BCUT2D eigenvalue weighted by atomic mass is 32.3. The van der Waals surface area contributed by atoms with Gasteiger partial charge in [-0.1, -0.05) is 18.9 Å². The highest BCUT2D eigenvalue weighted by Gasteiger charge is 2.63. The second kappa shape index (κ2) is 6.75. The van der Waals surface area contributed by atoms with Gasteiger partial charge in [0.05, 0.1) is 0 Å². The molecule has 1 aromatic rings. The Balaban J connectivity index is 1.64. The maximum absolute atomic E-state index is 11.8. The molecule has 7 heteroatoms. The van der Waals surface area contributed by atoms with Crippen molar-refractivity contribution in [3.05, 3.63) is 29.3 Å². The van der Waals surface area contributed by atoms with Gasteiger partial charge in [0.25, 0.3) is 0 Å². The molecule has 2 fully saturated rings. The molecule has 1 aromatic carbocycles. The molecular weight excluding hydrogens is 392 g/mol. The van der Waals surface area contributed by atoms with Crippen molar-refractivity contribution < 1.29 is 26.7 Å². The summed E-state index contributed by atoms with van der Waals surface area (Å²) < 4.78 is 41.3. The molecule has 3 aliphatic carbocycles. The molecule has 1 N–H and O–H groups in total. The number of ether oxygens (including phenoxy) is 1. The Morgan fingerprint density at radius 2 is 2.03 bits per heavy atom. The summed E-state index contributed by atoms with van der Waals surface area (Å²) in [4.78, 5) is 11.8. The minimum absolute atomic E-state index is 0.132. The van der Waals surface area contributed by atoms with Crippen molar-refractivity contribution in [1.82, 2.24) is 0 Å². The summed E-state index contributed by atoms with van der Waals surface area (Å²) in [5.74, 6) is 3.84. The maximum atomic E-state index is 11.8. The summed E-state index contributed by atoms with van der Waals surface area (Å²) in [6.45, 7) is 3.60. The quantitative estimate of drug-likeness (QED) is 0.458. The van der Waals surface area contributed by atoms with Crippen LogP contribution < -0.4 is 4.18 Å². The van der Waals surface area contributed by atoms with E-state index in [1.807, 2.05) is 6.07 Å². The van der Waals surface area contributed by atoms with Gasteiger partial charge in [-0.25, -0.2) is 0 Å². The van der Waals surface area contributed by atoms with Gasteiger partial charge in [-0.2, -0.15) is 8.42 Å². The number of rotatable bonds is 3. The molecule has 5 atom stereocenters. The Morgan fingerprint density at radius 3 is 2.69 bits per heavy atom. The predicted molar refractivity (Wildman–Crippen MR) is 107 cm³/mol. The Hall–Kier alpha value is -2.04. The molecule has 0 bridgehead atoms. The molecule has 0 spiro atoms. The fourth-order valence-corrected chi connectivity index (χ4v) is 6.76. The SMILES string of the molecule is C#C[C@@]1(OC(C)=O)CC[C@@H]2[C@H]3CCc4cc(OS(=O)(=O)O)ccc4[C@@H]3CC[C@]21C. The zero-order chi connectivity index (χ0) is 21.0. The molecule has 0 heterocycles. The van der Waals surface area contributed by atoms with E-state index in [0.29, 0.717) is 24.2 Å². The number of esters is 1. The first-order valence-electron chi connectivity index (χ1n) is 10.1. The first-order valence-corrected chi connectivity index (χ1v) is 11.4. The summed E-state index contributed by atoms with van der Waals surface area (Å²) in [5, 5.41) is 0. The van der Waals surface area contributed by atoms with Gasteiger partial charge in [0.2, 0.25) is 0 Å². The van der Waals surface area contributed by atoms with Crippen molar-refractivity contribution in [2.75, 3.05) is 0 Å². The van der Waals surface area contributed by atoms with Crippen molar-refractivity contribution in [2.45, 2.75) is 63.9 Å². The van der Waals surface area contributed by atoms with E-state index in [-0.39, 0.29) is 17.1 Å². The molecule has 2 saturated carbocycles. The first-order chi connectivity index (χ1) is 13.6. The van der Waals surface area contributed by atoms with Gasteiger partial charge in [-0.3, -0.25) is 9.35 Å². The molecular formula is C22H26O6S. The summed E-state index contributed by atoms with van der Waals surface area (Å²) in [6.07, 6.45) is 11.1. The normalized spacial score (nSPS) is 35.6. The van der Waals surface area contributed by atoms with Gasteiger partial charge < -0.3 is 8.92 Å². The van der Waals surface area contributed by atoms with E-state index in [0.717, 1.165) is 37.7 Å². The number of carbonyl (C=O) groups excluding carboxylic acids is 1. The van der Waals surface area contributed by atoms with Crippen LogP contribution in [0.15, 0.2) is 18.2 Å². The van der Waals surface area contributed by atoms with E-state index in [1.165, 1.54) is 12.5 Å². The van der Waals surface area contributed by atoms with Gasteiger partial charge >= 0.3 is 16.4 Å². The monoisotopic (exact) mass is 418 g/mol. The smallest absolute Gasteiger partial charge is 0.445 e. The molecule has 0 aliphatic heterocycles. The molecule has 0 radical (unpaired) electrons. The van der Waals surface area contributed by atoms with Crippen molar-refractivity contribution >= 4 is 16.4 Å². The van der Waals surface area contributed by atoms with Crippen molar-refractivity contribution in [3.8, 4) is 18.1 Å². The van der Waals surface area contributed by atoms with Crippen LogP contribution in [0.2, 0.25) is 0 Å². The van der Waals surface area contributed by atoms with Gasteiger partial charge in [-0.05, 0) is 79.5 Å². The lowest BCUT2D eigenvalue weighted by molar-refractivity contribution is -0.165. The van der Waals surface area contributed by atoms with E-state index in [4.69, 9.17) is 15.7 Å². The van der Waals surface area contributed by atoms with Crippen molar-refractivity contribution in [2.24, 2.45) is 17.3 Å². The summed E-state index contributed by atoms with van der Waals surface area (Å²) in [7, 11) is -4.53. The zero-order valence-electron chi connectivity index (χ0n) is 16.7. The molecule has 156 valence electrons. The second-order valence-corrected chi connectivity index (χ2v) is 9.87. The van der Waals surface area contributed by atoms with Crippen LogP contribution in [0.3, 0.4) is 0 Å². The molecule has 4 rings (SSSR count). The second-order valence-electron chi connectivity index (χ2n) is 8.85. The standard InChI is InChI=1S/C22H26O6S/c1-4-22(27-14(2)23)12-10-20-19-7-5-15-13-16(28-29(24,25)26)6-8-17(15)18(19)9-11-21(20,22)3/h1,6,8,13,18-20H,5,7,9-12H2,2-3H3,(H,24,25,26)/t18-,19-,20+,21+,22+/m0/s1. The summed E-state index contributed by atoms with van der Waals surface area (Å²) in [5.41, 5.74) is 1.22. The number of terminal acetylenes is 1. The fourth-order valence-electron chi connectivity index (χ4n) is 6.41. The number of benzene rings is 1. The van der Waals surface area contributed by atoms with Crippen LogP contribution in [0, 0.1) is 29.6 Å². The van der Waals surface area contributed by atoms with Crippen molar-refractivity contribution in [1.29, 1.82) is 0 Å². The summed E-state index contributed by atoms with van der Waals surface area (Å²) >= 11 is 0. The third-order valence-electron chi connectivity index (χ3n) is 7.57. The van der Waals surface area contributed by atoms with E-state index in [9.17, 15) is 13.2 Å². The Bertz CT molecular complexity index is 993. The molecule has 3 aliphatic rings. The molecule has 29 heavy (non-hydrogen) atoms. The van der Waals surface area contributed by atoms with Crippen LogP contribution in [-0.2, 0) is 26.4 Å². The number of carbonyl (C=O) groups is 1. The minimum atomic E-state index is -4.53. The van der Waals surface area contributed by atoms with E-state index in [1.54, 1.807) is 12.1 Å². The highest BCUT2D eigenvalue weighted by molar-refractivity contribution is 7.81. The van der Waals surface area contributed by atoms with Crippen LogP contribution in [0.1, 0.15) is 63.0 Å². The van der Waals surface area contributed by atoms with Gasteiger partial charge in [-0.15, -0.1) is 6.42 Å². The molecule has 0 saturated heterocycles. The number of hydrogen-bond acceptors (Lipinski definition) is 5. The lowest BCUT2D eigenvalue weighted by atomic mass is 9.53. The van der Waals surface area contributed by atoms with Crippen molar-refractivity contribution in [3.63, 3.8) is 0 Å². The van der Waals surface area contributed by atoms with Crippen LogP contribution in [0.5, 0.6) is 5.75 Å². The third-order valence-corrected chi connectivity index (χ3v) is 7.97. The van der Waals surface area contributed by atoms with Gasteiger partial charge in [0.15, 0.2) is 5.60 Å². The molecule has 0 aromatic heterocycles. The third kappa shape index (κ3) is 3.23. The van der Waals surface area contributed by atoms with Gasteiger partial charge in [0.1, 0.15) is 5.75 Å². The Morgan fingerprint density at radius 1 is 1.28 bits per heavy atom. The fraction of sp³-hybridized carbons (Fsp3) is 0.591. The Kier molecular flexibility index (Phi) is 4.71. The number of hydrogen-bond donors (Lipinski definition) is 1. The van der Waals surface area contributed by atoms with Gasteiger partial charge in [0, 0.05) is 12.3 Å². The van der Waals surface area contributed by atoms with E-state index >= 15 is 0 Å². The molecule has 0 amide bonds. The lowest BCUT2D eigenvalue weighted by Gasteiger charge is -2.52. The van der Waals surface area contributed by atoms with Crippen LogP contribution in [-0.4, -0.2) is 24.5 Å². The van der Waals surface area contributed by atoms with Crippen LogP contribution in [0.4, 0.5) is 0 Å². The number of aryl methyl sites for hydroxylation is 1. The molecule has 0 unspecified atom stereocenters. The maximum Gasteiger partial charge on any atom is 0.446 e.